The molecule has 0 radical (unpaired) electrons. The summed E-state index contributed by atoms with van der Waals surface area (Å²) >= 11 is 0. The van der Waals surface area contributed by atoms with Crippen molar-refractivity contribution in [1.29, 1.82) is 5.26 Å². The number of sulfonamides is 1. The fourth-order valence-corrected chi connectivity index (χ4v) is 6.74. The minimum Gasteiger partial charge on any atom is -0.373 e. The van der Waals surface area contributed by atoms with Gasteiger partial charge in [0.1, 0.15) is 17.6 Å². The molecular weight excluding hydrogens is 536 g/mol. The number of rotatable bonds is 6. The van der Waals surface area contributed by atoms with E-state index in [1.165, 1.54) is 4.31 Å². The number of allylic oxidation sites excluding steroid dienone is 1. The molecule has 3 heterocycles. The number of nitrogens with one attached hydrogen (secondary N) is 1. The zero-order valence-electron chi connectivity index (χ0n) is 22.6. The van der Waals surface area contributed by atoms with E-state index >= 15 is 0 Å². The summed E-state index contributed by atoms with van der Waals surface area (Å²) in [6, 6.07) is 26.2. The Morgan fingerprint density at radius 2 is 1.76 bits per heavy atom. The van der Waals surface area contributed by atoms with Crippen LogP contribution in [0, 0.1) is 11.3 Å². The lowest BCUT2D eigenvalue weighted by Crippen LogP contribution is -2.48. The molecule has 2 unspecified atom stereocenters. The summed E-state index contributed by atoms with van der Waals surface area (Å²) in [5, 5.41) is 14.9. The number of aromatic nitrogens is 4. The number of benzene rings is 3. The highest BCUT2D eigenvalue weighted by Crippen LogP contribution is 2.31. The lowest BCUT2D eigenvalue weighted by molar-refractivity contribution is -0.0440. The van der Waals surface area contributed by atoms with Crippen molar-refractivity contribution in [3.05, 3.63) is 96.4 Å². The van der Waals surface area contributed by atoms with E-state index in [9.17, 15) is 13.7 Å². The normalized spacial score (nSPS) is 18.4. The number of fused-ring (bicyclic) bond motifs is 1. The molecule has 0 amide bonds. The first-order valence-electron chi connectivity index (χ1n) is 13.3. The number of H-pyrrole nitrogens is 1. The van der Waals surface area contributed by atoms with Crippen molar-refractivity contribution in [1.82, 2.24) is 24.1 Å². The number of aromatic amines is 1. The fraction of sp³-hybridized carbons (Fsp3) is 0.194. The molecular formula is C31H28N6O3S. The van der Waals surface area contributed by atoms with Crippen molar-refractivity contribution in [2.45, 2.75) is 31.0 Å². The molecule has 0 saturated carbocycles. The van der Waals surface area contributed by atoms with Crippen LogP contribution in [0.4, 0.5) is 0 Å². The predicted octanol–water partition coefficient (Wildman–Crippen LogP) is 5.28. The average molecular weight is 565 g/mol. The standard InChI is InChI=1S/C31H28N6O3S/c1-21-18-36(19-22(2)40-21)41(38,39)27-12-8-9-23(16-27)30-25(20-37(35-30)26-10-4-3-5-11-26)15-24(17-32)31-33-28-13-6-7-14-29(28)34-31/h3-16,20-22H,18-19H2,1-2H3,(H,33,34)/b24-15+. The first kappa shape index (κ1) is 26.7. The van der Waals surface area contributed by atoms with Crippen molar-refractivity contribution >= 4 is 32.7 Å². The van der Waals surface area contributed by atoms with Crippen LogP contribution in [0.3, 0.4) is 0 Å². The number of morpholine rings is 1. The number of hydrogen-bond donors (Lipinski definition) is 1. The molecule has 206 valence electrons. The van der Waals surface area contributed by atoms with E-state index in [0.717, 1.165) is 16.7 Å². The highest BCUT2D eigenvalue weighted by molar-refractivity contribution is 7.89. The minimum absolute atomic E-state index is 0.179. The van der Waals surface area contributed by atoms with E-state index in [0.29, 0.717) is 28.2 Å². The smallest absolute Gasteiger partial charge is 0.243 e. The van der Waals surface area contributed by atoms with Crippen LogP contribution < -0.4 is 0 Å². The van der Waals surface area contributed by atoms with Crippen molar-refractivity contribution in [2.24, 2.45) is 0 Å². The second-order valence-corrected chi connectivity index (χ2v) is 12.0. The molecule has 5 aromatic rings. The molecule has 2 aromatic heterocycles. The second-order valence-electron chi connectivity index (χ2n) is 10.1. The van der Waals surface area contributed by atoms with Crippen molar-refractivity contribution in [2.75, 3.05) is 13.1 Å². The van der Waals surface area contributed by atoms with Crippen LogP contribution in [0.2, 0.25) is 0 Å². The Morgan fingerprint density at radius 3 is 2.49 bits per heavy atom. The largest absolute Gasteiger partial charge is 0.373 e. The van der Waals surface area contributed by atoms with Gasteiger partial charge in [-0.25, -0.2) is 18.1 Å². The SMILES string of the molecule is CC1CN(S(=O)(=O)c2cccc(-c3nn(-c4ccccc4)cc3/C=C(\C#N)c3nc4ccccc4[nH]3)c2)CC(C)O1. The predicted molar refractivity (Wildman–Crippen MR) is 157 cm³/mol. The van der Waals surface area contributed by atoms with Crippen molar-refractivity contribution in [3.8, 4) is 23.0 Å². The molecule has 41 heavy (non-hydrogen) atoms. The Labute approximate surface area is 238 Å². The van der Waals surface area contributed by atoms with Gasteiger partial charge in [-0.1, -0.05) is 42.5 Å². The maximum absolute atomic E-state index is 13.6. The first-order chi connectivity index (χ1) is 19.8. The number of hydrogen-bond acceptors (Lipinski definition) is 6. The highest BCUT2D eigenvalue weighted by atomic mass is 32.2. The molecule has 2 atom stereocenters. The summed E-state index contributed by atoms with van der Waals surface area (Å²) in [6.07, 6.45) is 3.17. The van der Waals surface area contributed by atoms with Gasteiger partial charge in [0.2, 0.25) is 10.0 Å². The van der Waals surface area contributed by atoms with E-state index in [1.807, 2.05) is 80.7 Å². The number of para-hydroxylation sites is 3. The van der Waals surface area contributed by atoms with Crippen LogP contribution in [-0.4, -0.2) is 57.8 Å². The maximum Gasteiger partial charge on any atom is 0.243 e. The van der Waals surface area contributed by atoms with E-state index in [4.69, 9.17) is 9.84 Å². The first-order valence-corrected chi connectivity index (χ1v) is 14.7. The summed E-state index contributed by atoms with van der Waals surface area (Å²) in [6.45, 7) is 4.32. The van der Waals surface area contributed by atoms with Crippen molar-refractivity contribution < 1.29 is 13.2 Å². The molecule has 0 aliphatic carbocycles. The van der Waals surface area contributed by atoms with Crippen LogP contribution in [-0.2, 0) is 14.8 Å². The quantitative estimate of drug-likeness (QED) is 0.281. The molecule has 1 fully saturated rings. The number of nitriles is 1. The third kappa shape index (κ3) is 5.30. The third-order valence-corrected chi connectivity index (χ3v) is 8.79. The van der Waals surface area contributed by atoms with Crippen LogP contribution >= 0.6 is 0 Å². The summed E-state index contributed by atoms with van der Waals surface area (Å²) in [7, 11) is -3.77. The van der Waals surface area contributed by atoms with Crippen LogP contribution in [0.5, 0.6) is 0 Å². The lowest BCUT2D eigenvalue weighted by Gasteiger charge is -2.34. The zero-order valence-corrected chi connectivity index (χ0v) is 23.4. The van der Waals surface area contributed by atoms with Gasteiger partial charge in [0.15, 0.2) is 0 Å². The Kier molecular flexibility index (Phi) is 7.01. The minimum atomic E-state index is -3.77. The Bertz CT molecular complexity index is 1860. The summed E-state index contributed by atoms with van der Waals surface area (Å²) in [5.41, 5.74) is 4.55. The van der Waals surface area contributed by atoms with Gasteiger partial charge in [0.05, 0.1) is 39.4 Å². The van der Waals surface area contributed by atoms with Crippen LogP contribution in [0.15, 0.2) is 90.0 Å². The Balaban J connectivity index is 1.46. The molecule has 10 heteroatoms. The van der Waals surface area contributed by atoms with Gasteiger partial charge in [-0.15, -0.1) is 0 Å². The van der Waals surface area contributed by atoms with E-state index in [2.05, 4.69) is 16.0 Å². The molecule has 0 spiro atoms. The highest BCUT2D eigenvalue weighted by Gasteiger charge is 2.32. The van der Waals surface area contributed by atoms with Gasteiger partial charge in [-0.3, -0.25) is 0 Å². The summed E-state index contributed by atoms with van der Waals surface area (Å²) < 4.78 is 36.2. The van der Waals surface area contributed by atoms with Gasteiger partial charge < -0.3 is 9.72 Å². The van der Waals surface area contributed by atoms with Gasteiger partial charge in [-0.05, 0) is 56.3 Å². The Hall–Kier alpha value is -4.56. The van der Waals surface area contributed by atoms with Crippen molar-refractivity contribution in [3.63, 3.8) is 0 Å². The molecule has 0 bridgehead atoms. The van der Waals surface area contributed by atoms with Crippen LogP contribution in [0.25, 0.3) is 39.6 Å². The molecule has 1 aliphatic rings. The van der Waals surface area contributed by atoms with Crippen LogP contribution in [0.1, 0.15) is 25.2 Å². The second kappa shape index (κ2) is 10.8. The number of nitrogens with zero attached hydrogens (tertiary/aromatic N) is 5. The molecule has 3 aromatic carbocycles. The summed E-state index contributed by atoms with van der Waals surface area (Å²) in [5.74, 6) is 0.444. The zero-order chi connectivity index (χ0) is 28.6. The molecule has 1 N–H and O–H groups in total. The fourth-order valence-electron chi connectivity index (χ4n) is 5.10. The van der Waals surface area contributed by atoms with E-state index in [-0.39, 0.29) is 30.2 Å². The molecule has 1 aliphatic heterocycles. The van der Waals surface area contributed by atoms with Gasteiger partial charge in [0, 0.05) is 30.4 Å². The number of ether oxygens (including phenoxy) is 1. The summed E-state index contributed by atoms with van der Waals surface area (Å²) in [4.78, 5) is 7.98. The average Bonchev–Trinajstić information content (AvgIpc) is 3.60. The topological polar surface area (TPSA) is 117 Å². The lowest BCUT2D eigenvalue weighted by atomic mass is 10.1. The van der Waals surface area contributed by atoms with E-state index < -0.39 is 10.0 Å². The third-order valence-electron chi connectivity index (χ3n) is 6.96. The van der Waals surface area contributed by atoms with Gasteiger partial charge in [-0.2, -0.15) is 14.7 Å². The monoisotopic (exact) mass is 564 g/mol. The Morgan fingerprint density at radius 1 is 1.02 bits per heavy atom. The number of imidazole rings is 1. The maximum atomic E-state index is 13.6. The molecule has 9 nitrogen and oxygen atoms in total. The van der Waals surface area contributed by atoms with Gasteiger partial charge in [0.25, 0.3) is 0 Å². The molecule has 1 saturated heterocycles. The van der Waals surface area contributed by atoms with Gasteiger partial charge >= 0.3 is 0 Å². The van der Waals surface area contributed by atoms with E-state index in [1.54, 1.807) is 29.0 Å². The molecule has 6 rings (SSSR count).